The topological polar surface area (TPSA) is 43.1 Å². The molecule has 0 heterocycles. The van der Waals surface area contributed by atoms with E-state index in [9.17, 15) is 4.79 Å². The molecule has 0 rings (SSSR count). The van der Waals surface area contributed by atoms with Crippen LogP contribution in [-0.2, 0) is 4.79 Å². The Balaban J connectivity index is 3.13. The van der Waals surface area contributed by atoms with Gasteiger partial charge in [-0.2, -0.15) is 0 Å². The first kappa shape index (κ1) is 6.95. The van der Waals surface area contributed by atoms with Crippen molar-refractivity contribution in [1.29, 1.82) is 0 Å². The van der Waals surface area contributed by atoms with E-state index in [1.54, 1.807) is 0 Å². The first-order chi connectivity index (χ1) is 3.13. The summed E-state index contributed by atoms with van der Waals surface area (Å²) in [5.74, 6) is -0.260. The van der Waals surface area contributed by atoms with Gasteiger partial charge in [-0.1, -0.05) is 22.9 Å². The van der Waals surface area contributed by atoms with Gasteiger partial charge in [-0.15, -0.1) is 0 Å². The van der Waals surface area contributed by atoms with E-state index in [4.69, 9.17) is 5.73 Å². The molecule has 0 bridgehead atoms. The Hall–Kier alpha value is -0.0500. The third-order valence-corrected chi connectivity index (χ3v) is 0.806. The maximum atomic E-state index is 10.0. The van der Waals surface area contributed by atoms with Gasteiger partial charge in [-0.05, 0) is 0 Å². The lowest BCUT2D eigenvalue weighted by Crippen LogP contribution is -2.13. The van der Waals surface area contributed by atoms with Crippen LogP contribution in [0.2, 0.25) is 0 Å². The Labute approximate surface area is 51.2 Å². The van der Waals surface area contributed by atoms with Crippen molar-refractivity contribution in [2.45, 2.75) is 18.2 Å². The van der Waals surface area contributed by atoms with Gasteiger partial charge >= 0.3 is 0 Å². The summed E-state index contributed by atoms with van der Waals surface area (Å²) in [4.78, 5) is 10.2. The lowest BCUT2D eigenvalue weighted by Gasteiger charge is -1.93. The first-order valence-corrected chi connectivity index (χ1v) is 2.97. The van der Waals surface area contributed by atoms with Crippen molar-refractivity contribution < 1.29 is 4.79 Å². The zero-order chi connectivity index (χ0) is 5.86. The van der Waals surface area contributed by atoms with Gasteiger partial charge in [-0.25, -0.2) is 0 Å². The van der Waals surface area contributed by atoms with Crippen molar-refractivity contribution in [1.82, 2.24) is 0 Å². The number of halogens is 1. The van der Waals surface area contributed by atoms with Crippen LogP contribution >= 0.6 is 15.9 Å². The number of amides is 1. The lowest BCUT2D eigenvalue weighted by atomic mass is 10.3. The minimum Gasteiger partial charge on any atom is -0.370 e. The number of alkyl halides is 1. The molecule has 0 aliphatic heterocycles. The van der Waals surface area contributed by atoms with E-state index in [0.29, 0.717) is 6.42 Å². The van der Waals surface area contributed by atoms with E-state index >= 15 is 0 Å². The molecule has 42 valence electrons. The summed E-state index contributed by atoms with van der Waals surface area (Å²) in [5.41, 5.74) is 4.82. The second-order valence-electron chi connectivity index (χ2n) is 1.45. The molecule has 0 aliphatic carbocycles. The van der Waals surface area contributed by atoms with Crippen LogP contribution in [0.4, 0.5) is 0 Å². The van der Waals surface area contributed by atoms with Crippen molar-refractivity contribution in [3.63, 3.8) is 0 Å². The van der Waals surface area contributed by atoms with Crippen LogP contribution < -0.4 is 5.73 Å². The summed E-state index contributed by atoms with van der Waals surface area (Å²) < 4.78 is 0. The summed E-state index contributed by atoms with van der Waals surface area (Å²) in [6.45, 7) is 1.88. The third kappa shape index (κ3) is 5.95. The minimum atomic E-state index is -0.260. The molecular formula is C4H8BrNO. The Kier molecular flexibility index (Phi) is 3.00. The molecular weight excluding hydrogens is 158 g/mol. The normalized spacial score (nSPS) is 13.4. The van der Waals surface area contributed by atoms with E-state index in [0.717, 1.165) is 0 Å². The average molecular weight is 166 g/mol. The molecule has 1 atom stereocenters. The smallest absolute Gasteiger partial charge is 0.218 e. The zero-order valence-electron chi connectivity index (χ0n) is 4.15. The number of rotatable bonds is 2. The third-order valence-electron chi connectivity index (χ3n) is 0.482. The van der Waals surface area contributed by atoms with Gasteiger partial charge in [0, 0.05) is 11.2 Å². The lowest BCUT2D eigenvalue weighted by molar-refractivity contribution is -0.117. The van der Waals surface area contributed by atoms with Crippen LogP contribution in [-0.4, -0.2) is 10.7 Å². The fourth-order valence-electron chi connectivity index (χ4n) is 0.277. The number of hydrogen-bond acceptors (Lipinski definition) is 1. The second-order valence-corrected chi connectivity index (χ2v) is 3.01. The zero-order valence-corrected chi connectivity index (χ0v) is 5.73. The van der Waals surface area contributed by atoms with Crippen LogP contribution in [0.25, 0.3) is 0 Å². The second kappa shape index (κ2) is 3.02. The Morgan fingerprint density at radius 2 is 2.43 bits per heavy atom. The molecule has 2 N–H and O–H groups in total. The van der Waals surface area contributed by atoms with E-state index in [-0.39, 0.29) is 10.7 Å². The molecule has 0 saturated heterocycles. The molecule has 0 fully saturated rings. The van der Waals surface area contributed by atoms with Crippen molar-refractivity contribution >= 4 is 21.8 Å². The number of carbonyl (C=O) groups excluding carboxylic acids is 1. The molecule has 1 unspecified atom stereocenters. The number of nitrogens with two attached hydrogens (primary N) is 1. The highest BCUT2D eigenvalue weighted by molar-refractivity contribution is 9.09. The van der Waals surface area contributed by atoms with Crippen LogP contribution in [0.15, 0.2) is 0 Å². The SMILES string of the molecule is CC(Br)CC(N)=O. The molecule has 0 aromatic heterocycles. The Morgan fingerprint density at radius 1 is 2.00 bits per heavy atom. The average Bonchev–Trinajstić information content (AvgIpc) is 1.27. The largest absolute Gasteiger partial charge is 0.370 e. The highest BCUT2D eigenvalue weighted by Crippen LogP contribution is 2.00. The molecule has 2 nitrogen and oxygen atoms in total. The minimum absolute atomic E-state index is 0.213. The number of hydrogen-bond donors (Lipinski definition) is 1. The molecule has 0 spiro atoms. The first-order valence-electron chi connectivity index (χ1n) is 2.05. The van der Waals surface area contributed by atoms with Crippen molar-refractivity contribution in [2.24, 2.45) is 5.73 Å². The van der Waals surface area contributed by atoms with Crippen LogP contribution in [0.1, 0.15) is 13.3 Å². The molecule has 3 heteroatoms. The van der Waals surface area contributed by atoms with E-state index in [1.165, 1.54) is 0 Å². The Morgan fingerprint density at radius 3 is 2.43 bits per heavy atom. The van der Waals surface area contributed by atoms with E-state index in [2.05, 4.69) is 15.9 Å². The van der Waals surface area contributed by atoms with Gasteiger partial charge in [0.15, 0.2) is 0 Å². The van der Waals surface area contributed by atoms with Gasteiger partial charge in [-0.3, -0.25) is 4.79 Å². The van der Waals surface area contributed by atoms with Crippen molar-refractivity contribution in [3.8, 4) is 0 Å². The standard InChI is InChI=1S/C4H8BrNO/c1-3(5)2-4(6)7/h3H,2H2,1H3,(H2,6,7). The summed E-state index contributed by atoms with van der Waals surface area (Å²) >= 11 is 3.17. The fourth-order valence-corrected chi connectivity index (χ4v) is 0.596. The quantitative estimate of drug-likeness (QED) is 0.601. The van der Waals surface area contributed by atoms with Gasteiger partial charge < -0.3 is 5.73 Å². The molecule has 1 amide bonds. The number of primary amides is 1. The van der Waals surface area contributed by atoms with E-state index in [1.807, 2.05) is 6.92 Å². The molecule has 0 aliphatic rings. The molecule has 7 heavy (non-hydrogen) atoms. The van der Waals surface area contributed by atoms with Gasteiger partial charge in [0.05, 0.1) is 0 Å². The number of carbonyl (C=O) groups is 1. The van der Waals surface area contributed by atoms with Crippen molar-refractivity contribution in [2.75, 3.05) is 0 Å². The van der Waals surface area contributed by atoms with Crippen molar-refractivity contribution in [3.05, 3.63) is 0 Å². The molecule has 0 radical (unpaired) electrons. The monoisotopic (exact) mass is 165 g/mol. The summed E-state index contributed by atoms with van der Waals surface area (Å²) in [6, 6.07) is 0. The van der Waals surface area contributed by atoms with Gasteiger partial charge in [0.25, 0.3) is 0 Å². The van der Waals surface area contributed by atoms with Crippen LogP contribution in [0, 0.1) is 0 Å². The molecule has 0 saturated carbocycles. The molecule has 0 aromatic carbocycles. The fraction of sp³-hybridized carbons (Fsp3) is 0.750. The van der Waals surface area contributed by atoms with Gasteiger partial charge in [0.1, 0.15) is 0 Å². The summed E-state index contributed by atoms with van der Waals surface area (Å²) in [6.07, 6.45) is 0.417. The highest BCUT2D eigenvalue weighted by atomic mass is 79.9. The summed E-state index contributed by atoms with van der Waals surface area (Å²) in [7, 11) is 0. The van der Waals surface area contributed by atoms with E-state index < -0.39 is 0 Å². The highest BCUT2D eigenvalue weighted by Gasteiger charge is 1.98. The van der Waals surface area contributed by atoms with Crippen LogP contribution in [0.3, 0.4) is 0 Å². The predicted octanol–water partition coefficient (Wildman–Crippen LogP) is 0.645. The maximum Gasteiger partial charge on any atom is 0.218 e. The van der Waals surface area contributed by atoms with Crippen LogP contribution in [0.5, 0.6) is 0 Å². The van der Waals surface area contributed by atoms with Gasteiger partial charge in [0.2, 0.25) is 5.91 Å². The predicted molar refractivity (Wildman–Crippen MR) is 32.2 cm³/mol. The Bertz CT molecular complexity index is 72.1. The maximum absolute atomic E-state index is 10.0. The summed E-state index contributed by atoms with van der Waals surface area (Å²) in [5, 5.41) is 0. The molecule has 0 aromatic rings.